The molecule has 0 aromatic carbocycles. The Morgan fingerprint density at radius 1 is 1.64 bits per heavy atom. The fourth-order valence-electron chi connectivity index (χ4n) is 1.03. The van der Waals surface area contributed by atoms with Gasteiger partial charge in [0.2, 0.25) is 5.91 Å². The predicted octanol–water partition coefficient (Wildman–Crippen LogP) is 0.954. The summed E-state index contributed by atoms with van der Waals surface area (Å²) in [5.41, 5.74) is 0.821. The Hall–Kier alpha value is -1.89. The van der Waals surface area contributed by atoms with Crippen LogP contribution in [0.2, 0.25) is 0 Å². The normalized spacial score (nSPS) is 9.14. The van der Waals surface area contributed by atoms with Crippen LogP contribution in [0.3, 0.4) is 0 Å². The summed E-state index contributed by atoms with van der Waals surface area (Å²) in [5, 5.41) is 8.34. The maximum atomic E-state index is 11.2. The number of hydrogen-bond acceptors (Lipinski definition) is 3. The monoisotopic (exact) mass is 189 g/mol. The molecule has 1 aromatic heterocycles. The average Bonchev–Trinajstić information content (AvgIpc) is 2.19. The second-order valence-electron chi connectivity index (χ2n) is 2.91. The van der Waals surface area contributed by atoms with Crippen LogP contribution in [0, 0.1) is 11.3 Å². The lowest BCUT2D eigenvalue weighted by atomic mass is 10.3. The van der Waals surface area contributed by atoms with Crippen molar-refractivity contribution in [1.29, 1.82) is 5.26 Å². The second kappa shape index (κ2) is 4.97. The van der Waals surface area contributed by atoms with Crippen LogP contribution in [0.5, 0.6) is 0 Å². The van der Waals surface area contributed by atoms with Crippen LogP contribution in [-0.2, 0) is 11.3 Å². The molecule has 1 amide bonds. The third kappa shape index (κ3) is 2.87. The first-order chi connectivity index (χ1) is 6.74. The van der Waals surface area contributed by atoms with E-state index in [9.17, 15) is 4.79 Å². The minimum atomic E-state index is -0.182. The van der Waals surface area contributed by atoms with Gasteiger partial charge in [-0.15, -0.1) is 0 Å². The van der Waals surface area contributed by atoms with Crippen molar-refractivity contribution in [2.75, 3.05) is 7.05 Å². The molecule has 0 saturated heterocycles. The number of amides is 1. The Kier molecular flexibility index (Phi) is 3.62. The van der Waals surface area contributed by atoms with Crippen LogP contribution < -0.4 is 0 Å². The van der Waals surface area contributed by atoms with E-state index in [1.54, 1.807) is 13.2 Å². The van der Waals surface area contributed by atoms with Gasteiger partial charge in [0.1, 0.15) is 6.42 Å². The lowest BCUT2D eigenvalue weighted by Gasteiger charge is -2.14. The summed E-state index contributed by atoms with van der Waals surface area (Å²) in [4.78, 5) is 16.8. The van der Waals surface area contributed by atoms with E-state index in [0.29, 0.717) is 6.54 Å². The maximum absolute atomic E-state index is 11.2. The highest BCUT2D eigenvalue weighted by Gasteiger charge is 2.08. The molecule has 0 aliphatic carbocycles. The Morgan fingerprint density at radius 3 is 3.00 bits per heavy atom. The fourth-order valence-corrected chi connectivity index (χ4v) is 1.03. The van der Waals surface area contributed by atoms with Crippen molar-refractivity contribution in [3.05, 3.63) is 30.1 Å². The van der Waals surface area contributed by atoms with Gasteiger partial charge in [0.15, 0.2) is 0 Å². The molecule has 4 nitrogen and oxygen atoms in total. The van der Waals surface area contributed by atoms with Crippen molar-refractivity contribution in [3.8, 4) is 6.07 Å². The molecule has 0 aliphatic heterocycles. The Balaban J connectivity index is 2.54. The van der Waals surface area contributed by atoms with Gasteiger partial charge in [0.25, 0.3) is 0 Å². The number of carbonyl (C=O) groups is 1. The smallest absolute Gasteiger partial charge is 0.236 e. The lowest BCUT2D eigenvalue weighted by molar-refractivity contribution is -0.129. The number of rotatable bonds is 3. The van der Waals surface area contributed by atoms with Crippen LogP contribution in [0.15, 0.2) is 24.4 Å². The number of aromatic nitrogens is 1. The summed E-state index contributed by atoms with van der Waals surface area (Å²) < 4.78 is 0. The van der Waals surface area contributed by atoms with Crippen LogP contribution in [0.4, 0.5) is 0 Å². The van der Waals surface area contributed by atoms with Crippen molar-refractivity contribution < 1.29 is 4.79 Å². The number of hydrogen-bond donors (Lipinski definition) is 0. The molecule has 72 valence electrons. The van der Waals surface area contributed by atoms with Gasteiger partial charge in [-0.25, -0.2) is 0 Å². The molecule has 0 radical (unpaired) electrons. The number of nitriles is 1. The van der Waals surface area contributed by atoms with E-state index < -0.39 is 0 Å². The largest absolute Gasteiger partial charge is 0.339 e. The van der Waals surface area contributed by atoms with Gasteiger partial charge >= 0.3 is 0 Å². The van der Waals surface area contributed by atoms with Gasteiger partial charge in [-0.05, 0) is 12.1 Å². The van der Waals surface area contributed by atoms with Gasteiger partial charge < -0.3 is 4.90 Å². The topological polar surface area (TPSA) is 57.0 Å². The van der Waals surface area contributed by atoms with Crippen LogP contribution in [-0.4, -0.2) is 22.8 Å². The van der Waals surface area contributed by atoms with Gasteiger partial charge in [0, 0.05) is 13.2 Å². The van der Waals surface area contributed by atoms with E-state index in [1.165, 1.54) is 4.90 Å². The summed E-state index contributed by atoms with van der Waals surface area (Å²) in [5.74, 6) is -0.182. The van der Waals surface area contributed by atoms with E-state index in [2.05, 4.69) is 4.98 Å². The molecule has 1 heterocycles. The first-order valence-corrected chi connectivity index (χ1v) is 4.25. The van der Waals surface area contributed by atoms with Crippen LogP contribution in [0.1, 0.15) is 12.1 Å². The zero-order valence-electron chi connectivity index (χ0n) is 7.97. The minimum absolute atomic E-state index is 0.0800. The van der Waals surface area contributed by atoms with Crippen molar-refractivity contribution in [2.24, 2.45) is 0 Å². The summed E-state index contributed by atoms with van der Waals surface area (Å²) >= 11 is 0. The number of pyridine rings is 1. The lowest BCUT2D eigenvalue weighted by Crippen LogP contribution is -2.25. The van der Waals surface area contributed by atoms with Gasteiger partial charge in [-0.3, -0.25) is 9.78 Å². The van der Waals surface area contributed by atoms with Crippen molar-refractivity contribution in [3.63, 3.8) is 0 Å². The van der Waals surface area contributed by atoms with Crippen molar-refractivity contribution in [1.82, 2.24) is 9.88 Å². The summed E-state index contributed by atoms with van der Waals surface area (Å²) in [6.45, 7) is 0.446. The van der Waals surface area contributed by atoms with E-state index >= 15 is 0 Å². The standard InChI is InChI=1S/C10H11N3O/c1-13(10(14)5-6-11)8-9-4-2-3-7-12-9/h2-4,7H,5,8H2,1H3. The van der Waals surface area contributed by atoms with Crippen LogP contribution in [0.25, 0.3) is 0 Å². The molecule has 1 rings (SSSR count). The van der Waals surface area contributed by atoms with Gasteiger partial charge in [-0.1, -0.05) is 6.07 Å². The second-order valence-corrected chi connectivity index (χ2v) is 2.91. The minimum Gasteiger partial charge on any atom is -0.339 e. The molecular formula is C10H11N3O. The molecule has 14 heavy (non-hydrogen) atoms. The Bertz CT molecular complexity index is 342. The molecule has 0 bridgehead atoms. The quantitative estimate of drug-likeness (QED) is 0.711. The fraction of sp³-hybridized carbons (Fsp3) is 0.300. The first kappa shape index (κ1) is 10.2. The zero-order chi connectivity index (χ0) is 10.4. The molecular weight excluding hydrogens is 178 g/mol. The SMILES string of the molecule is CN(Cc1ccccn1)C(=O)CC#N. The summed E-state index contributed by atoms with van der Waals surface area (Å²) in [6, 6.07) is 7.35. The Labute approximate surface area is 82.8 Å². The van der Waals surface area contributed by atoms with Crippen LogP contribution >= 0.6 is 0 Å². The molecule has 0 fully saturated rings. The number of carbonyl (C=O) groups excluding carboxylic acids is 1. The Morgan fingerprint density at radius 2 is 2.43 bits per heavy atom. The maximum Gasteiger partial charge on any atom is 0.236 e. The highest BCUT2D eigenvalue weighted by atomic mass is 16.2. The molecule has 0 unspecified atom stereocenters. The summed E-state index contributed by atoms with van der Waals surface area (Å²) in [6.07, 6.45) is 1.60. The highest BCUT2D eigenvalue weighted by Crippen LogP contribution is 1.99. The average molecular weight is 189 g/mol. The molecule has 0 spiro atoms. The first-order valence-electron chi connectivity index (χ1n) is 4.25. The molecule has 0 N–H and O–H groups in total. The number of nitrogens with zero attached hydrogens (tertiary/aromatic N) is 3. The van der Waals surface area contributed by atoms with Crippen molar-refractivity contribution >= 4 is 5.91 Å². The molecule has 0 aliphatic rings. The van der Waals surface area contributed by atoms with E-state index in [-0.39, 0.29) is 12.3 Å². The van der Waals surface area contributed by atoms with Crippen molar-refractivity contribution in [2.45, 2.75) is 13.0 Å². The third-order valence-corrected chi connectivity index (χ3v) is 1.78. The molecule has 0 saturated carbocycles. The van der Waals surface area contributed by atoms with Gasteiger partial charge in [0.05, 0.1) is 18.3 Å². The van der Waals surface area contributed by atoms with E-state index in [0.717, 1.165) is 5.69 Å². The van der Waals surface area contributed by atoms with Gasteiger partial charge in [-0.2, -0.15) is 5.26 Å². The molecule has 4 heteroatoms. The summed E-state index contributed by atoms with van der Waals surface area (Å²) in [7, 11) is 1.66. The molecule has 1 aromatic rings. The van der Waals surface area contributed by atoms with E-state index in [4.69, 9.17) is 5.26 Å². The zero-order valence-corrected chi connectivity index (χ0v) is 7.97. The molecule has 0 atom stereocenters. The van der Waals surface area contributed by atoms with E-state index in [1.807, 2.05) is 24.3 Å². The third-order valence-electron chi connectivity index (χ3n) is 1.78. The highest BCUT2D eigenvalue weighted by molar-refractivity contribution is 5.77. The predicted molar refractivity (Wildman–Crippen MR) is 50.9 cm³/mol.